The SMILES string of the molecule is Cc1nc(-c2ccc(F)cc2)sc1C(=O)Nc1cccc2ncccc12. The van der Waals surface area contributed by atoms with Gasteiger partial charge in [-0.1, -0.05) is 6.07 Å². The van der Waals surface area contributed by atoms with Crippen LogP contribution in [-0.4, -0.2) is 15.9 Å². The second kappa shape index (κ2) is 6.65. The summed E-state index contributed by atoms with van der Waals surface area (Å²) in [5.74, 6) is -0.519. The van der Waals surface area contributed by atoms with Crippen molar-refractivity contribution in [2.24, 2.45) is 0 Å². The van der Waals surface area contributed by atoms with Crippen LogP contribution >= 0.6 is 11.3 Å². The number of hydrogen-bond acceptors (Lipinski definition) is 4. The molecule has 2 aromatic heterocycles. The number of rotatable bonds is 3. The molecule has 2 aromatic carbocycles. The van der Waals surface area contributed by atoms with Gasteiger partial charge in [-0.3, -0.25) is 9.78 Å². The van der Waals surface area contributed by atoms with Gasteiger partial charge in [-0.25, -0.2) is 9.37 Å². The van der Waals surface area contributed by atoms with Gasteiger partial charge in [-0.2, -0.15) is 0 Å². The van der Waals surface area contributed by atoms with Gasteiger partial charge in [0.1, 0.15) is 15.7 Å². The summed E-state index contributed by atoms with van der Waals surface area (Å²) in [6, 6.07) is 15.4. The first-order chi connectivity index (χ1) is 12.6. The highest BCUT2D eigenvalue weighted by Gasteiger charge is 2.17. The Kier molecular flexibility index (Phi) is 4.18. The molecular weight excluding hydrogens is 349 g/mol. The van der Waals surface area contributed by atoms with Crippen LogP contribution < -0.4 is 5.32 Å². The van der Waals surface area contributed by atoms with Crippen molar-refractivity contribution in [3.05, 3.63) is 77.2 Å². The predicted molar refractivity (Wildman–Crippen MR) is 102 cm³/mol. The van der Waals surface area contributed by atoms with Gasteiger partial charge in [-0.05, 0) is 55.5 Å². The zero-order valence-corrected chi connectivity index (χ0v) is 14.7. The summed E-state index contributed by atoms with van der Waals surface area (Å²) in [6.45, 7) is 1.79. The van der Waals surface area contributed by atoms with Crippen molar-refractivity contribution in [1.82, 2.24) is 9.97 Å². The van der Waals surface area contributed by atoms with Crippen LogP contribution in [0.4, 0.5) is 10.1 Å². The minimum absolute atomic E-state index is 0.218. The molecule has 0 radical (unpaired) electrons. The Morgan fingerprint density at radius 3 is 2.69 bits per heavy atom. The van der Waals surface area contributed by atoms with E-state index in [9.17, 15) is 9.18 Å². The zero-order chi connectivity index (χ0) is 18.1. The number of halogens is 1. The van der Waals surface area contributed by atoms with Gasteiger partial charge >= 0.3 is 0 Å². The van der Waals surface area contributed by atoms with E-state index in [-0.39, 0.29) is 11.7 Å². The highest BCUT2D eigenvalue weighted by molar-refractivity contribution is 7.17. The van der Waals surface area contributed by atoms with E-state index >= 15 is 0 Å². The Labute approximate surface area is 153 Å². The van der Waals surface area contributed by atoms with E-state index in [4.69, 9.17) is 0 Å². The van der Waals surface area contributed by atoms with Gasteiger partial charge in [0.05, 0.1) is 16.9 Å². The summed E-state index contributed by atoms with van der Waals surface area (Å²) in [7, 11) is 0. The molecule has 0 aliphatic rings. The number of nitrogens with one attached hydrogen (secondary N) is 1. The molecule has 1 N–H and O–H groups in total. The summed E-state index contributed by atoms with van der Waals surface area (Å²) in [6.07, 6.45) is 1.72. The van der Waals surface area contributed by atoms with Gasteiger partial charge in [0.2, 0.25) is 0 Å². The normalized spacial score (nSPS) is 10.8. The first-order valence-electron chi connectivity index (χ1n) is 8.00. The number of nitrogens with zero attached hydrogens (tertiary/aromatic N) is 2. The number of hydrogen-bond donors (Lipinski definition) is 1. The maximum atomic E-state index is 13.1. The van der Waals surface area contributed by atoms with Gasteiger partial charge in [-0.15, -0.1) is 11.3 Å². The topological polar surface area (TPSA) is 54.9 Å². The molecule has 4 nitrogen and oxygen atoms in total. The van der Waals surface area contributed by atoms with Crippen LogP contribution in [0.1, 0.15) is 15.4 Å². The van der Waals surface area contributed by atoms with E-state index in [1.165, 1.54) is 23.5 Å². The number of amides is 1. The number of carbonyl (C=O) groups excluding carboxylic acids is 1. The molecule has 0 unspecified atom stereocenters. The molecule has 0 atom stereocenters. The average Bonchev–Trinajstić information content (AvgIpc) is 3.04. The van der Waals surface area contributed by atoms with Crippen molar-refractivity contribution < 1.29 is 9.18 Å². The van der Waals surface area contributed by atoms with E-state index in [0.29, 0.717) is 21.3 Å². The minimum Gasteiger partial charge on any atom is -0.321 e. The fourth-order valence-corrected chi connectivity index (χ4v) is 3.68. The molecular formula is C20H14FN3OS. The number of aromatic nitrogens is 2. The predicted octanol–water partition coefficient (Wildman–Crippen LogP) is 5.06. The van der Waals surface area contributed by atoms with Crippen molar-refractivity contribution in [1.29, 1.82) is 0 Å². The number of anilines is 1. The third-order valence-corrected chi connectivity index (χ3v) is 5.19. The minimum atomic E-state index is -0.301. The van der Waals surface area contributed by atoms with E-state index < -0.39 is 0 Å². The Morgan fingerprint density at radius 1 is 1.08 bits per heavy atom. The van der Waals surface area contributed by atoms with Gasteiger partial charge in [0.25, 0.3) is 5.91 Å². The van der Waals surface area contributed by atoms with Gasteiger partial charge in [0.15, 0.2) is 0 Å². The number of benzene rings is 2. The fourth-order valence-electron chi connectivity index (χ4n) is 2.71. The smallest absolute Gasteiger partial charge is 0.267 e. The molecule has 0 saturated carbocycles. The van der Waals surface area contributed by atoms with Crippen LogP contribution in [0.25, 0.3) is 21.5 Å². The zero-order valence-electron chi connectivity index (χ0n) is 13.9. The van der Waals surface area contributed by atoms with Crippen LogP contribution in [0.2, 0.25) is 0 Å². The molecule has 4 rings (SSSR count). The second-order valence-corrected chi connectivity index (χ2v) is 6.77. The van der Waals surface area contributed by atoms with Crippen molar-refractivity contribution >= 4 is 33.8 Å². The molecule has 26 heavy (non-hydrogen) atoms. The second-order valence-electron chi connectivity index (χ2n) is 5.77. The number of pyridine rings is 1. The standard InChI is InChI=1S/C20H14FN3OS/c1-12-18(26-20(23-12)13-7-9-14(21)10-8-13)19(25)24-17-6-2-5-16-15(17)4-3-11-22-16/h2-11H,1H3,(H,24,25). The molecule has 0 spiro atoms. The number of carbonyl (C=O) groups is 1. The van der Waals surface area contributed by atoms with Crippen LogP contribution in [0.3, 0.4) is 0 Å². The molecule has 0 saturated heterocycles. The van der Waals surface area contributed by atoms with Crippen LogP contribution in [0.15, 0.2) is 60.8 Å². The first kappa shape index (κ1) is 16.4. The summed E-state index contributed by atoms with van der Waals surface area (Å²) in [4.78, 5) is 22.0. The highest BCUT2D eigenvalue weighted by atomic mass is 32.1. The summed E-state index contributed by atoms with van der Waals surface area (Å²) < 4.78 is 13.1. The monoisotopic (exact) mass is 363 g/mol. The van der Waals surface area contributed by atoms with Crippen LogP contribution in [0.5, 0.6) is 0 Å². The van der Waals surface area contributed by atoms with E-state index in [2.05, 4.69) is 15.3 Å². The lowest BCUT2D eigenvalue weighted by Gasteiger charge is -2.07. The molecule has 0 fully saturated rings. The third kappa shape index (κ3) is 3.07. The molecule has 0 bridgehead atoms. The fraction of sp³-hybridized carbons (Fsp3) is 0.0500. The molecule has 6 heteroatoms. The van der Waals surface area contributed by atoms with E-state index in [1.54, 1.807) is 25.3 Å². The lowest BCUT2D eigenvalue weighted by atomic mass is 10.2. The van der Waals surface area contributed by atoms with Gasteiger partial charge < -0.3 is 5.32 Å². The first-order valence-corrected chi connectivity index (χ1v) is 8.82. The Bertz CT molecular complexity index is 1100. The van der Waals surface area contributed by atoms with Crippen molar-refractivity contribution in [3.8, 4) is 10.6 Å². The molecule has 1 amide bonds. The molecule has 0 aliphatic carbocycles. The summed E-state index contributed by atoms with van der Waals surface area (Å²) in [5.41, 5.74) is 2.95. The number of fused-ring (bicyclic) bond motifs is 1. The number of aryl methyl sites for hydroxylation is 1. The Morgan fingerprint density at radius 2 is 1.88 bits per heavy atom. The van der Waals surface area contributed by atoms with Crippen LogP contribution in [-0.2, 0) is 0 Å². The maximum absolute atomic E-state index is 13.1. The molecule has 4 aromatic rings. The largest absolute Gasteiger partial charge is 0.321 e. The Balaban J connectivity index is 1.65. The van der Waals surface area contributed by atoms with E-state index in [0.717, 1.165) is 16.5 Å². The quantitative estimate of drug-likeness (QED) is 0.554. The summed E-state index contributed by atoms with van der Waals surface area (Å²) >= 11 is 1.29. The van der Waals surface area contributed by atoms with Gasteiger partial charge in [0, 0.05) is 17.1 Å². The third-order valence-electron chi connectivity index (χ3n) is 3.99. The highest BCUT2D eigenvalue weighted by Crippen LogP contribution is 2.29. The maximum Gasteiger partial charge on any atom is 0.267 e. The lowest BCUT2D eigenvalue weighted by molar-refractivity contribution is 0.103. The Hall–Kier alpha value is -3.12. The molecule has 0 aliphatic heterocycles. The van der Waals surface area contributed by atoms with Crippen molar-refractivity contribution in [2.75, 3.05) is 5.32 Å². The molecule has 2 heterocycles. The average molecular weight is 363 g/mol. The van der Waals surface area contributed by atoms with Crippen molar-refractivity contribution in [2.45, 2.75) is 6.92 Å². The lowest BCUT2D eigenvalue weighted by Crippen LogP contribution is -2.11. The van der Waals surface area contributed by atoms with E-state index in [1.807, 2.05) is 30.3 Å². The summed E-state index contributed by atoms with van der Waals surface area (Å²) in [5, 5.41) is 4.51. The molecule has 128 valence electrons. The van der Waals surface area contributed by atoms with Crippen molar-refractivity contribution in [3.63, 3.8) is 0 Å². The number of thiazole rings is 1. The van der Waals surface area contributed by atoms with Crippen LogP contribution in [0, 0.1) is 12.7 Å².